The molecule has 1 saturated heterocycles. The Morgan fingerprint density at radius 2 is 2.24 bits per heavy atom. The molecule has 3 N–H and O–H groups in total. The van der Waals surface area contributed by atoms with Crippen molar-refractivity contribution in [2.75, 3.05) is 26.2 Å². The number of likely N-dealkylation sites (tertiary alicyclic amines) is 1. The predicted octanol–water partition coefficient (Wildman–Crippen LogP) is 1.70. The van der Waals surface area contributed by atoms with E-state index in [1.807, 2.05) is 11.0 Å². The van der Waals surface area contributed by atoms with Gasteiger partial charge < -0.3 is 20.7 Å². The van der Waals surface area contributed by atoms with Crippen LogP contribution in [0.3, 0.4) is 0 Å². The van der Waals surface area contributed by atoms with Crippen LogP contribution in [-0.4, -0.2) is 49.0 Å². The summed E-state index contributed by atoms with van der Waals surface area (Å²) in [6, 6.07) is 2.06. The molecule has 0 aromatic carbocycles. The van der Waals surface area contributed by atoms with Crippen LogP contribution in [0.25, 0.3) is 0 Å². The Bertz CT molecular complexity index is 584. The van der Waals surface area contributed by atoms with Crippen molar-refractivity contribution in [2.45, 2.75) is 44.8 Å². The number of nitrogens with zero attached hydrogens (tertiary/aromatic N) is 1. The molecule has 25 heavy (non-hydrogen) atoms. The van der Waals surface area contributed by atoms with Crippen LogP contribution in [-0.2, 0) is 22.6 Å². The number of ether oxygens (including phenoxy) is 1. The van der Waals surface area contributed by atoms with Crippen molar-refractivity contribution < 1.29 is 14.3 Å². The lowest BCUT2D eigenvalue weighted by molar-refractivity contribution is -0.121. The number of piperidine rings is 1. The van der Waals surface area contributed by atoms with E-state index in [1.54, 1.807) is 11.3 Å². The van der Waals surface area contributed by atoms with Gasteiger partial charge in [0, 0.05) is 43.4 Å². The number of nitrogens with one attached hydrogen (secondary N) is 1. The van der Waals surface area contributed by atoms with E-state index in [0.29, 0.717) is 26.1 Å². The molecule has 2 amide bonds. The Kier molecular flexibility index (Phi) is 7.68. The van der Waals surface area contributed by atoms with Gasteiger partial charge in [-0.05, 0) is 30.9 Å². The summed E-state index contributed by atoms with van der Waals surface area (Å²) in [6.07, 6.45) is 4.27. The fraction of sp³-hybridized carbons (Fsp3) is 0.647. The number of fused-ring (bicyclic) bond motifs is 1. The molecule has 1 fully saturated rings. The summed E-state index contributed by atoms with van der Waals surface area (Å²) < 4.78 is 5.47. The molecule has 6 nitrogen and oxygen atoms in total. The van der Waals surface area contributed by atoms with E-state index < -0.39 is 0 Å². The van der Waals surface area contributed by atoms with Gasteiger partial charge in [0.2, 0.25) is 5.91 Å². The normalized spacial score (nSPS) is 19.7. The minimum Gasteiger partial charge on any atom is -0.376 e. The maximum Gasteiger partial charge on any atom is 0.264 e. The molecular formula is C17H26ClN3O3S. The van der Waals surface area contributed by atoms with Crippen LogP contribution >= 0.6 is 23.7 Å². The van der Waals surface area contributed by atoms with E-state index in [0.717, 1.165) is 49.3 Å². The van der Waals surface area contributed by atoms with Gasteiger partial charge in [0.1, 0.15) is 0 Å². The highest BCUT2D eigenvalue weighted by atomic mass is 35.5. The summed E-state index contributed by atoms with van der Waals surface area (Å²) in [4.78, 5) is 28.6. The Morgan fingerprint density at radius 1 is 1.40 bits per heavy atom. The van der Waals surface area contributed by atoms with Crippen molar-refractivity contribution in [3.63, 3.8) is 0 Å². The van der Waals surface area contributed by atoms with E-state index in [9.17, 15) is 9.59 Å². The van der Waals surface area contributed by atoms with Crippen LogP contribution < -0.4 is 11.1 Å². The summed E-state index contributed by atoms with van der Waals surface area (Å²) in [6.45, 7) is 2.97. The monoisotopic (exact) mass is 387 g/mol. The fourth-order valence-corrected chi connectivity index (χ4v) is 4.43. The highest BCUT2D eigenvalue weighted by molar-refractivity contribution is 7.14. The van der Waals surface area contributed by atoms with Gasteiger partial charge in [-0.1, -0.05) is 0 Å². The number of rotatable bonds is 5. The average molecular weight is 388 g/mol. The zero-order chi connectivity index (χ0) is 16.9. The third-order valence-corrected chi connectivity index (χ3v) is 5.86. The molecular weight excluding hydrogens is 362 g/mol. The third-order valence-electron chi connectivity index (χ3n) is 4.63. The number of hydrogen-bond acceptors (Lipinski definition) is 5. The van der Waals surface area contributed by atoms with Crippen LogP contribution in [0, 0.1) is 0 Å². The minimum absolute atomic E-state index is 0. The van der Waals surface area contributed by atoms with Crippen molar-refractivity contribution in [1.29, 1.82) is 0 Å². The summed E-state index contributed by atoms with van der Waals surface area (Å²) in [5, 5.41) is 2.91. The maximum absolute atomic E-state index is 13.0. The van der Waals surface area contributed by atoms with Gasteiger partial charge in [0.25, 0.3) is 5.91 Å². The highest BCUT2D eigenvalue weighted by Gasteiger charge is 2.29. The fourth-order valence-electron chi connectivity index (χ4n) is 3.33. The standard InChI is InChI=1S/C17H25N3O3S.ClH/c18-6-4-16(21)19-10-13-3-1-2-7-20(13)17(22)15-9-12-11-23-8-5-14(12)24-15;/h9,13H,1-8,10-11,18H2,(H,19,21);1H. The molecule has 0 bridgehead atoms. The quantitative estimate of drug-likeness (QED) is 0.805. The molecule has 2 aliphatic heterocycles. The van der Waals surface area contributed by atoms with E-state index >= 15 is 0 Å². The molecule has 3 rings (SSSR count). The first-order valence-corrected chi connectivity index (χ1v) is 9.47. The molecule has 0 saturated carbocycles. The van der Waals surface area contributed by atoms with E-state index in [1.165, 1.54) is 4.88 Å². The Balaban J connectivity index is 0.00000225. The molecule has 0 radical (unpaired) electrons. The first kappa shape index (κ1) is 20.2. The molecule has 140 valence electrons. The van der Waals surface area contributed by atoms with E-state index in [4.69, 9.17) is 10.5 Å². The average Bonchev–Trinajstić information content (AvgIpc) is 3.04. The summed E-state index contributed by atoms with van der Waals surface area (Å²) in [5.41, 5.74) is 6.56. The van der Waals surface area contributed by atoms with Crippen molar-refractivity contribution in [3.05, 3.63) is 21.4 Å². The molecule has 3 heterocycles. The zero-order valence-corrected chi connectivity index (χ0v) is 15.9. The second-order valence-electron chi connectivity index (χ2n) is 6.35. The van der Waals surface area contributed by atoms with Crippen LogP contribution in [0.1, 0.15) is 45.8 Å². The van der Waals surface area contributed by atoms with E-state index in [-0.39, 0.29) is 30.3 Å². The van der Waals surface area contributed by atoms with Crippen LogP contribution in [0.15, 0.2) is 6.07 Å². The lowest BCUT2D eigenvalue weighted by Crippen LogP contribution is -2.49. The predicted molar refractivity (Wildman–Crippen MR) is 100 cm³/mol. The molecule has 1 aromatic heterocycles. The molecule has 1 atom stereocenters. The molecule has 1 aromatic rings. The largest absolute Gasteiger partial charge is 0.376 e. The topological polar surface area (TPSA) is 84.7 Å². The van der Waals surface area contributed by atoms with Gasteiger partial charge in [0.15, 0.2) is 0 Å². The minimum atomic E-state index is -0.0424. The molecule has 0 spiro atoms. The number of nitrogens with two attached hydrogens (primary N) is 1. The van der Waals surface area contributed by atoms with Crippen molar-refractivity contribution in [1.82, 2.24) is 10.2 Å². The van der Waals surface area contributed by atoms with Crippen molar-refractivity contribution in [2.24, 2.45) is 5.73 Å². The lowest BCUT2D eigenvalue weighted by Gasteiger charge is -2.35. The second-order valence-corrected chi connectivity index (χ2v) is 7.49. The number of amides is 2. The zero-order valence-electron chi connectivity index (χ0n) is 14.3. The molecule has 2 aliphatic rings. The Morgan fingerprint density at radius 3 is 3.00 bits per heavy atom. The van der Waals surface area contributed by atoms with Gasteiger partial charge >= 0.3 is 0 Å². The van der Waals surface area contributed by atoms with Crippen molar-refractivity contribution in [3.8, 4) is 0 Å². The first-order valence-electron chi connectivity index (χ1n) is 8.66. The molecule has 0 aliphatic carbocycles. The number of carbonyl (C=O) groups is 2. The number of halogens is 1. The van der Waals surface area contributed by atoms with E-state index in [2.05, 4.69) is 5.32 Å². The van der Waals surface area contributed by atoms with Crippen LogP contribution in [0.4, 0.5) is 0 Å². The van der Waals surface area contributed by atoms with Gasteiger partial charge in [0.05, 0.1) is 18.1 Å². The van der Waals surface area contributed by atoms with Crippen LogP contribution in [0.5, 0.6) is 0 Å². The maximum atomic E-state index is 13.0. The highest BCUT2D eigenvalue weighted by Crippen LogP contribution is 2.29. The van der Waals surface area contributed by atoms with Crippen LogP contribution in [0.2, 0.25) is 0 Å². The molecule has 1 unspecified atom stereocenters. The number of carbonyl (C=O) groups excluding carboxylic acids is 2. The smallest absolute Gasteiger partial charge is 0.264 e. The van der Waals surface area contributed by atoms with Crippen molar-refractivity contribution >= 4 is 35.6 Å². The molecule has 8 heteroatoms. The Hall–Kier alpha value is -1.15. The van der Waals surface area contributed by atoms with Gasteiger partial charge in [-0.15, -0.1) is 23.7 Å². The third kappa shape index (κ3) is 4.94. The van der Waals surface area contributed by atoms with Gasteiger partial charge in [-0.2, -0.15) is 0 Å². The number of hydrogen-bond donors (Lipinski definition) is 2. The number of thiophene rings is 1. The SMILES string of the molecule is Cl.NCCC(=O)NCC1CCCCN1C(=O)c1cc2c(s1)CCOC2. The first-order chi connectivity index (χ1) is 11.7. The summed E-state index contributed by atoms with van der Waals surface area (Å²) in [7, 11) is 0. The van der Waals surface area contributed by atoms with Gasteiger partial charge in [-0.25, -0.2) is 0 Å². The summed E-state index contributed by atoms with van der Waals surface area (Å²) in [5.74, 6) is 0.0476. The second kappa shape index (κ2) is 9.52. The summed E-state index contributed by atoms with van der Waals surface area (Å²) >= 11 is 1.60. The lowest BCUT2D eigenvalue weighted by atomic mass is 10.0. The Labute approximate surface area is 158 Å². The van der Waals surface area contributed by atoms with Gasteiger partial charge in [-0.3, -0.25) is 9.59 Å².